The minimum absolute atomic E-state index is 0.190. The lowest BCUT2D eigenvalue weighted by molar-refractivity contribution is -0.147. The highest BCUT2D eigenvalue weighted by Crippen LogP contribution is 2.23. The average molecular weight is 380 g/mol. The molecular formula is C15H22ClNO4S2. The molecule has 23 heavy (non-hydrogen) atoms. The summed E-state index contributed by atoms with van der Waals surface area (Å²) in [7, 11) is -3.50. The van der Waals surface area contributed by atoms with E-state index in [-0.39, 0.29) is 4.90 Å². The van der Waals surface area contributed by atoms with Crippen molar-refractivity contribution in [1.82, 2.24) is 4.72 Å². The summed E-state index contributed by atoms with van der Waals surface area (Å²) in [4.78, 5) is 11.2. The van der Waals surface area contributed by atoms with E-state index in [1.807, 2.05) is 0 Å². The van der Waals surface area contributed by atoms with E-state index in [0.717, 1.165) is 12.2 Å². The average Bonchev–Trinajstić information content (AvgIpc) is 2.46. The number of rotatable bonds is 10. The maximum Gasteiger partial charge on any atom is 0.309 e. The molecule has 0 spiro atoms. The van der Waals surface area contributed by atoms with Crippen molar-refractivity contribution < 1.29 is 18.3 Å². The number of thioether (sulfide) groups is 1. The number of halogens is 1. The molecule has 0 atom stereocenters. The lowest BCUT2D eigenvalue weighted by atomic mass is 9.88. The molecule has 0 aromatic heterocycles. The molecule has 0 aliphatic rings. The fourth-order valence-corrected chi connectivity index (χ4v) is 3.86. The third-order valence-electron chi connectivity index (χ3n) is 3.33. The molecule has 5 nitrogen and oxygen atoms in total. The summed E-state index contributed by atoms with van der Waals surface area (Å²) < 4.78 is 26.6. The summed E-state index contributed by atoms with van der Waals surface area (Å²) >= 11 is 7.34. The molecule has 1 aromatic carbocycles. The van der Waals surface area contributed by atoms with Crippen LogP contribution in [0.15, 0.2) is 29.2 Å². The molecule has 2 N–H and O–H groups in total. The Morgan fingerprint density at radius 2 is 1.87 bits per heavy atom. The molecule has 0 fully saturated rings. The molecule has 0 saturated carbocycles. The fourth-order valence-electron chi connectivity index (χ4n) is 1.77. The van der Waals surface area contributed by atoms with Crippen molar-refractivity contribution in [3.63, 3.8) is 0 Å². The van der Waals surface area contributed by atoms with E-state index in [1.165, 1.54) is 24.3 Å². The van der Waals surface area contributed by atoms with E-state index in [9.17, 15) is 13.2 Å². The Balaban J connectivity index is 2.25. The van der Waals surface area contributed by atoms with Gasteiger partial charge in [-0.25, -0.2) is 13.1 Å². The van der Waals surface area contributed by atoms with E-state index in [0.29, 0.717) is 23.7 Å². The molecule has 0 aliphatic heterocycles. The van der Waals surface area contributed by atoms with Gasteiger partial charge in [0.2, 0.25) is 10.0 Å². The van der Waals surface area contributed by atoms with Gasteiger partial charge in [0.25, 0.3) is 0 Å². The topological polar surface area (TPSA) is 83.5 Å². The van der Waals surface area contributed by atoms with Crippen LogP contribution in [0.4, 0.5) is 0 Å². The van der Waals surface area contributed by atoms with Crippen LogP contribution in [0.1, 0.15) is 26.7 Å². The van der Waals surface area contributed by atoms with Crippen LogP contribution in [0.5, 0.6) is 0 Å². The fraction of sp³-hybridized carbons (Fsp3) is 0.533. The molecular weight excluding hydrogens is 358 g/mol. The van der Waals surface area contributed by atoms with Gasteiger partial charge in [0.1, 0.15) is 0 Å². The first kappa shape index (κ1) is 20.3. The van der Waals surface area contributed by atoms with E-state index < -0.39 is 21.4 Å². The van der Waals surface area contributed by atoms with Gasteiger partial charge in [-0.05, 0) is 56.7 Å². The normalized spacial score (nSPS) is 12.3. The standard InChI is InChI=1S/C15H22ClNO4S2/c1-15(2,14(18)19)8-3-10-22-11-9-17-23(20,21)13-6-4-12(16)5-7-13/h4-7,17H,3,8-11H2,1-2H3,(H,18,19). The quantitative estimate of drug-likeness (QED) is 0.609. The number of carboxylic acid groups (broad SMARTS) is 1. The first-order valence-electron chi connectivity index (χ1n) is 7.21. The Kier molecular flexibility index (Phi) is 7.86. The Labute approximate surface area is 146 Å². The van der Waals surface area contributed by atoms with E-state index >= 15 is 0 Å². The lowest BCUT2D eigenvalue weighted by Crippen LogP contribution is -2.26. The predicted octanol–water partition coefficient (Wildman–Crippen LogP) is 3.24. The number of nitrogens with one attached hydrogen (secondary N) is 1. The van der Waals surface area contributed by atoms with Crippen LogP contribution in [0.2, 0.25) is 5.02 Å². The SMILES string of the molecule is CC(C)(CCCSCCNS(=O)(=O)c1ccc(Cl)cc1)C(=O)O. The summed E-state index contributed by atoms with van der Waals surface area (Å²) in [5.74, 6) is 0.651. The maximum atomic E-state index is 12.0. The molecule has 0 saturated heterocycles. The van der Waals surface area contributed by atoms with Crippen LogP contribution >= 0.6 is 23.4 Å². The van der Waals surface area contributed by atoms with Gasteiger partial charge in [0.05, 0.1) is 10.3 Å². The Bertz CT molecular complexity index is 615. The Hall–Kier alpha value is -0.760. The molecule has 0 bridgehead atoms. The zero-order valence-corrected chi connectivity index (χ0v) is 15.6. The Morgan fingerprint density at radius 3 is 2.43 bits per heavy atom. The van der Waals surface area contributed by atoms with Crippen LogP contribution in [0.25, 0.3) is 0 Å². The van der Waals surface area contributed by atoms with Crippen LogP contribution in [-0.4, -0.2) is 37.5 Å². The third kappa shape index (κ3) is 7.12. The van der Waals surface area contributed by atoms with Crippen molar-refractivity contribution in [1.29, 1.82) is 0 Å². The minimum atomic E-state index is -3.50. The summed E-state index contributed by atoms with van der Waals surface area (Å²) in [5, 5.41) is 9.49. The van der Waals surface area contributed by atoms with Gasteiger partial charge in [-0.15, -0.1) is 0 Å². The first-order valence-corrected chi connectivity index (χ1v) is 10.2. The summed E-state index contributed by atoms with van der Waals surface area (Å²) in [6.07, 6.45) is 1.39. The molecule has 8 heteroatoms. The molecule has 0 amide bonds. The molecule has 0 aliphatic carbocycles. The van der Waals surface area contributed by atoms with Crippen LogP contribution in [0.3, 0.4) is 0 Å². The number of carboxylic acids is 1. The van der Waals surface area contributed by atoms with Crippen molar-refractivity contribution in [3.05, 3.63) is 29.3 Å². The van der Waals surface area contributed by atoms with Gasteiger partial charge in [0, 0.05) is 17.3 Å². The highest BCUT2D eigenvalue weighted by molar-refractivity contribution is 7.99. The first-order chi connectivity index (χ1) is 10.6. The largest absolute Gasteiger partial charge is 0.481 e. The van der Waals surface area contributed by atoms with Gasteiger partial charge < -0.3 is 5.11 Å². The Morgan fingerprint density at radius 1 is 1.26 bits per heavy atom. The second-order valence-electron chi connectivity index (χ2n) is 5.76. The number of aliphatic carboxylic acids is 1. The van der Waals surface area contributed by atoms with Crippen molar-refractivity contribution in [2.75, 3.05) is 18.1 Å². The smallest absolute Gasteiger partial charge is 0.309 e. The highest BCUT2D eigenvalue weighted by atomic mass is 35.5. The van der Waals surface area contributed by atoms with Crippen molar-refractivity contribution in [2.45, 2.75) is 31.6 Å². The molecule has 1 rings (SSSR count). The van der Waals surface area contributed by atoms with E-state index in [4.69, 9.17) is 16.7 Å². The van der Waals surface area contributed by atoms with Gasteiger partial charge in [-0.2, -0.15) is 11.8 Å². The van der Waals surface area contributed by atoms with Crippen molar-refractivity contribution in [2.24, 2.45) is 5.41 Å². The predicted molar refractivity (Wildman–Crippen MR) is 94.6 cm³/mol. The third-order valence-corrected chi connectivity index (χ3v) is 6.13. The maximum absolute atomic E-state index is 12.0. The summed E-state index contributed by atoms with van der Waals surface area (Å²) in [6, 6.07) is 6.00. The van der Waals surface area contributed by atoms with Crippen molar-refractivity contribution >= 4 is 39.4 Å². The number of hydrogen-bond acceptors (Lipinski definition) is 4. The summed E-state index contributed by atoms with van der Waals surface area (Å²) in [6.45, 7) is 3.75. The monoisotopic (exact) mass is 379 g/mol. The second-order valence-corrected chi connectivity index (χ2v) is 9.18. The van der Waals surface area contributed by atoms with Gasteiger partial charge in [-0.3, -0.25) is 4.79 Å². The molecule has 1 aromatic rings. The van der Waals surface area contributed by atoms with E-state index in [2.05, 4.69) is 4.72 Å². The molecule has 130 valence electrons. The summed E-state index contributed by atoms with van der Waals surface area (Å²) in [5.41, 5.74) is -0.712. The van der Waals surface area contributed by atoms with Crippen LogP contribution < -0.4 is 4.72 Å². The van der Waals surface area contributed by atoms with Crippen molar-refractivity contribution in [3.8, 4) is 0 Å². The van der Waals surface area contributed by atoms with Gasteiger partial charge >= 0.3 is 5.97 Å². The zero-order valence-electron chi connectivity index (χ0n) is 13.2. The zero-order chi connectivity index (χ0) is 17.5. The van der Waals surface area contributed by atoms with Crippen LogP contribution in [-0.2, 0) is 14.8 Å². The number of benzene rings is 1. The lowest BCUT2D eigenvalue weighted by Gasteiger charge is -2.18. The minimum Gasteiger partial charge on any atom is -0.481 e. The molecule has 0 unspecified atom stereocenters. The highest BCUT2D eigenvalue weighted by Gasteiger charge is 2.25. The van der Waals surface area contributed by atoms with Gasteiger partial charge in [-0.1, -0.05) is 11.6 Å². The molecule has 0 heterocycles. The van der Waals surface area contributed by atoms with E-state index in [1.54, 1.807) is 25.6 Å². The number of sulfonamides is 1. The van der Waals surface area contributed by atoms with Gasteiger partial charge in [0.15, 0.2) is 0 Å². The molecule has 0 radical (unpaired) electrons. The number of carbonyl (C=O) groups is 1. The second kappa shape index (κ2) is 8.92. The van der Waals surface area contributed by atoms with Crippen LogP contribution in [0, 0.1) is 5.41 Å². The number of hydrogen-bond donors (Lipinski definition) is 2.